The van der Waals surface area contributed by atoms with Crippen LogP contribution in [0.5, 0.6) is 0 Å². The predicted octanol–water partition coefficient (Wildman–Crippen LogP) is 3.30. The Bertz CT molecular complexity index is 487. The van der Waals surface area contributed by atoms with Gasteiger partial charge in [0.1, 0.15) is 0 Å². The number of piperidine rings is 1. The van der Waals surface area contributed by atoms with Gasteiger partial charge in [-0.2, -0.15) is 0 Å². The highest BCUT2D eigenvalue weighted by atomic mass is 16.2. The lowest BCUT2D eigenvalue weighted by Crippen LogP contribution is -2.57. The third kappa shape index (κ3) is 2.91. The van der Waals surface area contributed by atoms with Crippen molar-refractivity contribution in [3.8, 4) is 0 Å². The number of rotatable bonds is 3. The van der Waals surface area contributed by atoms with Crippen LogP contribution in [-0.4, -0.2) is 30.9 Å². The summed E-state index contributed by atoms with van der Waals surface area (Å²) in [5.41, 5.74) is 1.10. The molecule has 0 radical (unpaired) electrons. The van der Waals surface area contributed by atoms with Crippen molar-refractivity contribution in [1.82, 2.24) is 10.2 Å². The maximum Gasteiger partial charge on any atom is 0.226 e. The molecule has 1 aromatic carbocycles. The van der Waals surface area contributed by atoms with E-state index in [4.69, 9.17) is 0 Å². The lowest BCUT2D eigenvalue weighted by molar-refractivity contribution is -0.142. The molecule has 1 saturated heterocycles. The molecule has 3 heteroatoms. The van der Waals surface area contributed by atoms with Crippen LogP contribution < -0.4 is 5.32 Å². The second-order valence-electron chi connectivity index (χ2n) is 6.91. The van der Waals surface area contributed by atoms with E-state index in [9.17, 15) is 4.79 Å². The third-order valence-corrected chi connectivity index (χ3v) is 5.60. The maximum absolute atomic E-state index is 13.1. The summed E-state index contributed by atoms with van der Waals surface area (Å²) in [5, 5.41) is 3.52. The third-order valence-electron chi connectivity index (χ3n) is 5.60. The van der Waals surface area contributed by atoms with Gasteiger partial charge in [0, 0.05) is 19.5 Å². The van der Waals surface area contributed by atoms with Gasteiger partial charge in [-0.1, -0.05) is 49.6 Å². The minimum atomic E-state index is -0.173. The minimum absolute atomic E-state index is 0.173. The minimum Gasteiger partial charge on any atom is -0.334 e. The van der Waals surface area contributed by atoms with Crippen molar-refractivity contribution in [1.29, 1.82) is 0 Å². The Morgan fingerprint density at radius 2 is 1.86 bits per heavy atom. The number of nitrogens with one attached hydrogen (secondary N) is 1. The van der Waals surface area contributed by atoms with Crippen molar-refractivity contribution >= 4 is 5.91 Å². The molecule has 0 spiro atoms. The Balaban J connectivity index is 1.86. The van der Waals surface area contributed by atoms with Crippen LogP contribution in [0.25, 0.3) is 0 Å². The number of amides is 1. The van der Waals surface area contributed by atoms with E-state index in [0.717, 1.165) is 38.8 Å². The number of hydrogen-bond acceptors (Lipinski definition) is 2. The van der Waals surface area contributed by atoms with Gasteiger partial charge in [-0.3, -0.25) is 4.79 Å². The van der Waals surface area contributed by atoms with Gasteiger partial charge < -0.3 is 10.2 Å². The van der Waals surface area contributed by atoms with Crippen molar-refractivity contribution in [3.63, 3.8) is 0 Å². The van der Waals surface area contributed by atoms with Crippen LogP contribution >= 0.6 is 0 Å². The van der Waals surface area contributed by atoms with E-state index in [2.05, 4.69) is 40.5 Å². The fourth-order valence-corrected chi connectivity index (χ4v) is 4.20. The van der Waals surface area contributed by atoms with E-state index in [0.29, 0.717) is 5.91 Å². The first-order chi connectivity index (χ1) is 10.7. The van der Waals surface area contributed by atoms with Crippen molar-refractivity contribution in [2.75, 3.05) is 20.1 Å². The molecule has 1 heterocycles. The Morgan fingerprint density at radius 3 is 2.50 bits per heavy atom. The molecule has 1 amide bonds. The number of carbonyl (C=O) groups excluding carboxylic acids is 1. The van der Waals surface area contributed by atoms with E-state index in [-0.39, 0.29) is 11.5 Å². The van der Waals surface area contributed by atoms with Gasteiger partial charge in [0.25, 0.3) is 0 Å². The highest BCUT2D eigenvalue weighted by Gasteiger charge is 2.41. The van der Waals surface area contributed by atoms with Crippen molar-refractivity contribution in [2.45, 2.75) is 50.5 Å². The van der Waals surface area contributed by atoms with E-state index in [1.54, 1.807) is 0 Å². The number of carbonyl (C=O) groups is 1. The Hall–Kier alpha value is -1.35. The molecular weight excluding hydrogens is 272 g/mol. The van der Waals surface area contributed by atoms with Gasteiger partial charge in [-0.15, -0.1) is 0 Å². The first kappa shape index (κ1) is 15.5. The number of likely N-dealkylation sites (N-methyl/N-ethyl adjacent to an activating group) is 1. The normalized spacial score (nSPS) is 26.6. The van der Waals surface area contributed by atoms with E-state index in [1.165, 1.54) is 24.8 Å². The van der Waals surface area contributed by atoms with E-state index >= 15 is 0 Å². The van der Waals surface area contributed by atoms with Gasteiger partial charge in [-0.25, -0.2) is 0 Å². The first-order valence-electron chi connectivity index (χ1n) is 8.78. The lowest BCUT2D eigenvalue weighted by atomic mass is 9.79. The lowest BCUT2D eigenvalue weighted by Gasteiger charge is -2.46. The van der Waals surface area contributed by atoms with Crippen LogP contribution in [0.4, 0.5) is 0 Å². The quantitative estimate of drug-likeness (QED) is 0.929. The zero-order valence-corrected chi connectivity index (χ0v) is 13.7. The molecular formula is C19H28N2O. The van der Waals surface area contributed by atoms with Crippen LogP contribution in [-0.2, 0) is 10.3 Å². The SMILES string of the molecule is CN(C(=O)C1CCCCC1)[C@]1(c2ccccc2)CCCNC1. The summed E-state index contributed by atoms with van der Waals surface area (Å²) in [5.74, 6) is 0.591. The number of hydrogen-bond donors (Lipinski definition) is 1. The maximum atomic E-state index is 13.1. The van der Waals surface area contributed by atoms with Crippen LogP contribution in [0.1, 0.15) is 50.5 Å². The molecule has 2 aliphatic rings. The molecule has 1 aromatic rings. The van der Waals surface area contributed by atoms with Crippen LogP contribution in [0.2, 0.25) is 0 Å². The molecule has 22 heavy (non-hydrogen) atoms. The monoisotopic (exact) mass is 300 g/mol. The zero-order chi connectivity index (χ0) is 15.4. The summed E-state index contributed by atoms with van der Waals surface area (Å²) in [4.78, 5) is 15.1. The zero-order valence-electron chi connectivity index (χ0n) is 13.7. The molecule has 0 aromatic heterocycles. The summed E-state index contributed by atoms with van der Waals surface area (Å²) >= 11 is 0. The molecule has 3 rings (SSSR count). The van der Waals surface area contributed by atoms with Gasteiger partial charge in [-0.05, 0) is 37.8 Å². The standard InChI is InChI=1S/C19H28N2O/c1-21(18(22)16-9-4-2-5-10-16)19(13-8-14-20-15-19)17-11-6-3-7-12-17/h3,6-7,11-12,16,20H,2,4-5,8-10,13-15H2,1H3/t19-/m1/s1. The van der Waals surface area contributed by atoms with Gasteiger partial charge in [0.05, 0.1) is 5.54 Å². The molecule has 2 fully saturated rings. The molecule has 0 bridgehead atoms. The second kappa shape index (κ2) is 6.82. The molecule has 120 valence electrons. The van der Waals surface area contributed by atoms with Crippen molar-refractivity contribution in [2.24, 2.45) is 5.92 Å². The summed E-state index contributed by atoms with van der Waals surface area (Å²) in [6, 6.07) is 10.6. The molecule has 1 N–H and O–H groups in total. The fourth-order valence-electron chi connectivity index (χ4n) is 4.20. The Labute approximate surface area is 134 Å². The average molecular weight is 300 g/mol. The Morgan fingerprint density at radius 1 is 1.14 bits per heavy atom. The molecule has 1 aliphatic carbocycles. The number of benzene rings is 1. The predicted molar refractivity (Wildman–Crippen MR) is 89.6 cm³/mol. The largest absolute Gasteiger partial charge is 0.334 e. The highest BCUT2D eigenvalue weighted by molar-refractivity contribution is 5.79. The van der Waals surface area contributed by atoms with E-state index in [1.807, 2.05) is 7.05 Å². The van der Waals surface area contributed by atoms with Gasteiger partial charge in [0.2, 0.25) is 5.91 Å². The summed E-state index contributed by atoms with van der Waals surface area (Å²) in [7, 11) is 2.02. The molecule has 1 aliphatic heterocycles. The van der Waals surface area contributed by atoms with Crippen LogP contribution in [0, 0.1) is 5.92 Å². The molecule has 0 unspecified atom stereocenters. The van der Waals surface area contributed by atoms with Gasteiger partial charge >= 0.3 is 0 Å². The topological polar surface area (TPSA) is 32.3 Å². The fraction of sp³-hybridized carbons (Fsp3) is 0.632. The van der Waals surface area contributed by atoms with Gasteiger partial charge in [0.15, 0.2) is 0 Å². The highest BCUT2D eigenvalue weighted by Crippen LogP contribution is 2.36. The molecule has 3 nitrogen and oxygen atoms in total. The molecule has 1 saturated carbocycles. The number of nitrogens with zero attached hydrogens (tertiary/aromatic N) is 1. The smallest absolute Gasteiger partial charge is 0.226 e. The van der Waals surface area contributed by atoms with Crippen LogP contribution in [0.15, 0.2) is 30.3 Å². The van der Waals surface area contributed by atoms with Crippen molar-refractivity contribution < 1.29 is 4.79 Å². The summed E-state index contributed by atoms with van der Waals surface area (Å²) in [6.07, 6.45) is 8.03. The first-order valence-corrected chi connectivity index (χ1v) is 8.78. The average Bonchev–Trinajstić information content (AvgIpc) is 2.62. The molecule has 1 atom stereocenters. The Kier molecular flexibility index (Phi) is 4.82. The van der Waals surface area contributed by atoms with Crippen LogP contribution in [0.3, 0.4) is 0 Å². The summed E-state index contributed by atoms with van der Waals surface area (Å²) in [6.45, 7) is 1.92. The van der Waals surface area contributed by atoms with E-state index < -0.39 is 0 Å². The van der Waals surface area contributed by atoms with Crippen molar-refractivity contribution in [3.05, 3.63) is 35.9 Å². The summed E-state index contributed by atoms with van der Waals surface area (Å²) < 4.78 is 0. The second-order valence-corrected chi connectivity index (χ2v) is 6.91.